The lowest BCUT2D eigenvalue weighted by Crippen LogP contribution is -2.31. The van der Waals surface area contributed by atoms with E-state index < -0.39 is 0 Å². The van der Waals surface area contributed by atoms with Gasteiger partial charge in [-0.3, -0.25) is 0 Å². The van der Waals surface area contributed by atoms with Gasteiger partial charge in [0.2, 0.25) is 0 Å². The van der Waals surface area contributed by atoms with E-state index in [1.165, 1.54) is 0 Å². The van der Waals surface area contributed by atoms with Crippen LogP contribution in [-0.2, 0) is 19.3 Å². The molecule has 4 heteroatoms. The molecule has 3 nitrogen and oxygen atoms in total. The minimum absolute atomic E-state index is 0.158. The van der Waals surface area contributed by atoms with Gasteiger partial charge >= 0.3 is 6.03 Å². The van der Waals surface area contributed by atoms with E-state index in [0.29, 0.717) is 6.54 Å². The summed E-state index contributed by atoms with van der Waals surface area (Å²) < 4.78 is 0. The number of para-hydroxylation sites is 1. The van der Waals surface area contributed by atoms with Crippen LogP contribution in [0.1, 0.15) is 30.5 Å². The lowest BCUT2D eigenvalue weighted by molar-refractivity contribution is 0.252. The van der Waals surface area contributed by atoms with Gasteiger partial charge in [0.25, 0.3) is 0 Å². The molecular formula is C19H23ClN2O. The number of benzene rings is 2. The third-order valence-corrected chi connectivity index (χ3v) is 4.10. The minimum atomic E-state index is -0.158. The largest absolute Gasteiger partial charge is 0.338 e. The molecule has 122 valence electrons. The predicted octanol–water partition coefficient (Wildman–Crippen LogP) is 4.83. The van der Waals surface area contributed by atoms with Crippen molar-refractivity contribution in [2.75, 3.05) is 11.9 Å². The molecule has 0 atom stereocenters. The number of carbonyl (C=O) groups excluding carboxylic acids is 1. The van der Waals surface area contributed by atoms with Gasteiger partial charge in [-0.15, -0.1) is 0 Å². The second-order valence-corrected chi connectivity index (χ2v) is 5.85. The smallest absolute Gasteiger partial charge is 0.319 e. The number of rotatable bonds is 6. The quantitative estimate of drug-likeness (QED) is 0.782. The van der Waals surface area contributed by atoms with Crippen molar-refractivity contribution in [2.24, 2.45) is 0 Å². The maximum atomic E-state index is 12.1. The molecule has 0 bridgehead atoms. The van der Waals surface area contributed by atoms with E-state index in [-0.39, 0.29) is 6.03 Å². The Hall–Kier alpha value is -2.00. The molecule has 0 aromatic heterocycles. The van der Waals surface area contributed by atoms with Crippen molar-refractivity contribution in [1.82, 2.24) is 5.32 Å². The van der Waals surface area contributed by atoms with Crippen molar-refractivity contribution in [3.63, 3.8) is 0 Å². The van der Waals surface area contributed by atoms with Gasteiger partial charge in [0, 0.05) is 17.3 Å². The predicted molar refractivity (Wildman–Crippen MR) is 97.4 cm³/mol. The standard InChI is InChI=1S/C19H23ClN2O/c1-3-15-6-5-7-16(4-2)18(15)22-19(23)21-13-12-14-8-10-17(20)11-9-14/h5-11H,3-4,12-13H2,1-2H3,(H2,21,22,23). The Kier molecular flexibility index (Phi) is 6.48. The van der Waals surface area contributed by atoms with Crippen LogP contribution in [0.2, 0.25) is 5.02 Å². The molecule has 0 fully saturated rings. The SMILES string of the molecule is CCc1cccc(CC)c1NC(=O)NCCc1ccc(Cl)cc1. The number of hydrogen-bond acceptors (Lipinski definition) is 1. The fourth-order valence-electron chi connectivity index (χ4n) is 2.53. The van der Waals surface area contributed by atoms with Gasteiger partial charge in [0.05, 0.1) is 0 Å². The molecule has 0 spiro atoms. The molecule has 0 saturated carbocycles. The second kappa shape index (κ2) is 8.59. The Bertz CT molecular complexity index is 631. The Balaban J connectivity index is 1.91. The lowest BCUT2D eigenvalue weighted by Gasteiger charge is -2.15. The van der Waals surface area contributed by atoms with E-state index in [9.17, 15) is 4.79 Å². The van der Waals surface area contributed by atoms with Crippen LogP contribution in [-0.4, -0.2) is 12.6 Å². The van der Waals surface area contributed by atoms with E-state index in [2.05, 4.69) is 36.6 Å². The Morgan fingerprint density at radius 2 is 1.61 bits per heavy atom. The van der Waals surface area contributed by atoms with E-state index in [0.717, 1.165) is 46.7 Å². The molecule has 0 heterocycles. The average molecular weight is 331 g/mol. The van der Waals surface area contributed by atoms with Crippen molar-refractivity contribution < 1.29 is 4.79 Å². The van der Waals surface area contributed by atoms with Gasteiger partial charge in [-0.25, -0.2) is 4.79 Å². The number of hydrogen-bond donors (Lipinski definition) is 2. The summed E-state index contributed by atoms with van der Waals surface area (Å²) >= 11 is 5.86. The summed E-state index contributed by atoms with van der Waals surface area (Å²) in [5.41, 5.74) is 4.42. The van der Waals surface area contributed by atoms with Crippen molar-refractivity contribution in [1.29, 1.82) is 0 Å². The Labute approximate surface area is 143 Å². The average Bonchev–Trinajstić information content (AvgIpc) is 2.57. The first-order valence-electron chi connectivity index (χ1n) is 8.04. The van der Waals surface area contributed by atoms with Gasteiger partial charge in [-0.1, -0.05) is 55.8 Å². The number of aryl methyl sites for hydroxylation is 2. The normalized spacial score (nSPS) is 10.4. The monoisotopic (exact) mass is 330 g/mol. The topological polar surface area (TPSA) is 41.1 Å². The summed E-state index contributed by atoms with van der Waals surface area (Å²) in [7, 11) is 0. The van der Waals surface area contributed by atoms with Gasteiger partial charge in [0.15, 0.2) is 0 Å². The van der Waals surface area contributed by atoms with Gasteiger partial charge in [-0.2, -0.15) is 0 Å². The second-order valence-electron chi connectivity index (χ2n) is 5.42. The Morgan fingerprint density at radius 1 is 1.00 bits per heavy atom. The summed E-state index contributed by atoms with van der Waals surface area (Å²) in [6.45, 7) is 4.78. The van der Waals surface area contributed by atoms with Crippen LogP contribution in [0.5, 0.6) is 0 Å². The van der Waals surface area contributed by atoms with Gasteiger partial charge in [0.1, 0.15) is 0 Å². The fourth-order valence-corrected chi connectivity index (χ4v) is 2.66. The molecule has 2 N–H and O–H groups in total. The number of carbonyl (C=O) groups is 1. The summed E-state index contributed by atoms with van der Waals surface area (Å²) in [6, 6.07) is 13.7. The van der Waals surface area contributed by atoms with Crippen LogP contribution in [0.15, 0.2) is 42.5 Å². The van der Waals surface area contributed by atoms with Crippen molar-refractivity contribution >= 4 is 23.3 Å². The number of amides is 2. The first-order valence-corrected chi connectivity index (χ1v) is 8.41. The fraction of sp³-hybridized carbons (Fsp3) is 0.316. The van der Waals surface area contributed by atoms with Gasteiger partial charge in [-0.05, 0) is 48.1 Å². The highest BCUT2D eigenvalue weighted by atomic mass is 35.5. The van der Waals surface area contributed by atoms with Crippen LogP contribution < -0.4 is 10.6 Å². The van der Waals surface area contributed by atoms with E-state index >= 15 is 0 Å². The zero-order valence-corrected chi connectivity index (χ0v) is 14.4. The molecule has 2 aromatic carbocycles. The molecule has 2 aromatic rings. The molecule has 0 aliphatic rings. The Morgan fingerprint density at radius 3 is 2.17 bits per heavy atom. The highest BCUT2D eigenvalue weighted by molar-refractivity contribution is 6.30. The van der Waals surface area contributed by atoms with Crippen molar-refractivity contribution in [3.05, 3.63) is 64.2 Å². The highest BCUT2D eigenvalue weighted by Crippen LogP contribution is 2.22. The third-order valence-electron chi connectivity index (χ3n) is 3.85. The summed E-state index contributed by atoms with van der Waals surface area (Å²) in [6.07, 6.45) is 2.57. The number of urea groups is 1. The zero-order chi connectivity index (χ0) is 16.7. The molecular weight excluding hydrogens is 308 g/mol. The summed E-state index contributed by atoms with van der Waals surface area (Å²) in [5, 5.41) is 6.64. The van der Waals surface area contributed by atoms with Crippen molar-refractivity contribution in [3.8, 4) is 0 Å². The molecule has 0 unspecified atom stereocenters. The number of halogens is 1. The third kappa shape index (κ3) is 5.00. The van der Waals surface area contributed by atoms with Gasteiger partial charge < -0.3 is 10.6 Å². The highest BCUT2D eigenvalue weighted by Gasteiger charge is 2.09. The molecule has 0 aliphatic heterocycles. The van der Waals surface area contributed by atoms with Crippen LogP contribution in [0, 0.1) is 0 Å². The zero-order valence-electron chi connectivity index (χ0n) is 13.7. The first-order chi connectivity index (χ1) is 11.1. The lowest BCUT2D eigenvalue weighted by atomic mass is 10.0. The maximum absolute atomic E-state index is 12.1. The van der Waals surface area contributed by atoms with Crippen LogP contribution in [0.4, 0.5) is 10.5 Å². The molecule has 23 heavy (non-hydrogen) atoms. The van der Waals surface area contributed by atoms with Crippen LogP contribution in [0.3, 0.4) is 0 Å². The minimum Gasteiger partial charge on any atom is -0.338 e. The van der Waals surface area contributed by atoms with Crippen LogP contribution >= 0.6 is 11.6 Å². The number of nitrogens with one attached hydrogen (secondary N) is 2. The summed E-state index contributed by atoms with van der Waals surface area (Å²) in [4.78, 5) is 12.1. The molecule has 0 radical (unpaired) electrons. The van der Waals surface area contributed by atoms with E-state index in [1.54, 1.807) is 0 Å². The first kappa shape index (κ1) is 17.4. The molecule has 0 saturated heterocycles. The summed E-state index contributed by atoms with van der Waals surface area (Å²) in [5.74, 6) is 0. The maximum Gasteiger partial charge on any atom is 0.319 e. The molecule has 0 aliphatic carbocycles. The molecule has 2 amide bonds. The van der Waals surface area contributed by atoms with E-state index in [4.69, 9.17) is 11.6 Å². The molecule has 2 rings (SSSR count). The van der Waals surface area contributed by atoms with E-state index in [1.807, 2.05) is 30.3 Å². The van der Waals surface area contributed by atoms with Crippen LogP contribution in [0.25, 0.3) is 0 Å². The van der Waals surface area contributed by atoms with Crippen molar-refractivity contribution in [2.45, 2.75) is 33.1 Å². The number of anilines is 1.